The molecular formula is C24H24N8. The van der Waals surface area contributed by atoms with Crippen LogP contribution in [0.15, 0.2) is 72.8 Å². The Bertz CT molecular complexity index is 1100. The quantitative estimate of drug-likeness (QED) is 0.389. The van der Waals surface area contributed by atoms with Crippen molar-refractivity contribution in [2.24, 2.45) is 0 Å². The molecule has 1 saturated carbocycles. The van der Waals surface area contributed by atoms with Gasteiger partial charge in [0.1, 0.15) is 11.6 Å². The molecule has 0 atom stereocenters. The fourth-order valence-corrected chi connectivity index (χ4v) is 5.02. The average molecular weight is 425 g/mol. The average Bonchev–Trinajstić information content (AvgIpc) is 2.73. The summed E-state index contributed by atoms with van der Waals surface area (Å²) < 4.78 is 0. The molecule has 1 fully saturated rings. The van der Waals surface area contributed by atoms with Crippen LogP contribution in [-0.4, -0.2) is 19.9 Å². The van der Waals surface area contributed by atoms with Gasteiger partial charge in [-0.3, -0.25) is 0 Å². The van der Waals surface area contributed by atoms with E-state index in [9.17, 15) is 0 Å². The molecule has 0 amide bonds. The predicted molar refractivity (Wildman–Crippen MR) is 126 cm³/mol. The van der Waals surface area contributed by atoms with Gasteiger partial charge in [-0.15, -0.1) is 0 Å². The lowest BCUT2D eigenvalue weighted by atomic mass is 9.50. The van der Waals surface area contributed by atoms with Crippen molar-refractivity contribution in [3.63, 3.8) is 0 Å². The van der Waals surface area contributed by atoms with E-state index in [-0.39, 0.29) is 35.6 Å². The molecule has 2 aromatic heterocycles. The van der Waals surface area contributed by atoms with Crippen LogP contribution in [0.5, 0.6) is 0 Å². The number of nitrogen functional groups attached to an aromatic ring is 4. The highest BCUT2D eigenvalue weighted by Gasteiger charge is 2.54. The molecule has 2 aromatic carbocycles. The van der Waals surface area contributed by atoms with Gasteiger partial charge in [-0.05, 0) is 11.1 Å². The molecule has 8 N–H and O–H groups in total. The normalized spacial score (nSPS) is 22.2. The fraction of sp³-hybridized carbons (Fsp3) is 0.167. The highest BCUT2D eigenvalue weighted by molar-refractivity contribution is 5.50. The van der Waals surface area contributed by atoms with Crippen LogP contribution in [0, 0.1) is 0 Å². The summed E-state index contributed by atoms with van der Waals surface area (Å²) in [6, 6.07) is 24.2. The molecule has 2 heterocycles. The molecule has 0 spiro atoms. The Hall–Kier alpha value is -4.20. The number of hydrogen-bond acceptors (Lipinski definition) is 8. The Morgan fingerprint density at radius 1 is 0.469 bits per heavy atom. The first-order chi connectivity index (χ1) is 15.5. The largest absolute Gasteiger partial charge is 0.384 e. The van der Waals surface area contributed by atoms with Crippen LogP contribution in [0.25, 0.3) is 0 Å². The second-order valence-corrected chi connectivity index (χ2v) is 8.08. The van der Waals surface area contributed by atoms with Crippen molar-refractivity contribution >= 4 is 23.5 Å². The summed E-state index contributed by atoms with van der Waals surface area (Å²) in [5.74, 6) is 1.17. The Morgan fingerprint density at radius 3 is 1.19 bits per heavy atom. The van der Waals surface area contributed by atoms with Gasteiger partial charge < -0.3 is 22.9 Å². The number of nitrogens with two attached hydrogens (primary N) is 4. The second kappa shape index (κ2) is 7.81. The van der Waals surface area contributed by atoms with Crippen molar-refractivity contribution in [3.8, 4) is 0 Å². The third-order valence-electron chi connectivity index (χ3n) is 6.17. The number of benzene rings is 2. The molecule has 0 radical (unpaired) electrons. The van der Waals surface area contributed by atoms with Gasteiger partial charge in [-0.1, -0.05) is 60.7 Å². The van der Waals surface area contributed by atoms with Crippen LogP contribution in [0.1, 0.15) is 46.2 Å². The van der Waals surface area contributed by atoms with E-state index in [2.05, 4.69) is 44.2 Å². The van der Waals surface area contributed by atoms with Gasteiger partial charge in [0.2, 0.25) is 11.9 Å². The van der Waals surface area contributed by atoms with Gasteiger partial charge in [0.25, 0.3) is 0 Å². The molecule has 1 aliphatic carbocycles. The molecule has 8 nitrogen and oxygen atoms in total. The molecule has 0 unspecified atom stereocenters. The number of aromatic nitrogens is 4. The van der Waals surface area contributed by atoms with E-state index in [4.69, 9.17) is 22.9 Å². The monoisotopic (exact) mass is 424 g/mol. The topological polar surface area (TPSA) is 156 Å². The van der Waals surface area contributed by atoms with Crippen molar-refractivity contribution < 1.29 is 0 Å². The summed E-state index contributed by atoms with van der Waals surface area (Å²) >= 11 is 0. The molecular weight excluding hydrogens is 400 g/mol. The van der Waals surface area contributed by atoms with E-state index < -0.39 is 0 Å². The van der Waals surface area contributed by atoms with Crippen LogP contribution in [-0.2, 0) is 0 Å². The van der Waals surface area contributed by atoms with E-state index >= 15 is 0 Å². The summed E-state index contributed by atoms with van der Waals surface area (Å²) in [6.45, 7) is 0. The molecule has 0 bridgehead atoms. The van der Waals surface area contributed by atoms with E-state index in [1.807, 2.05) is 48.5 Å². The fourth-order valence-electron chi connectivity index (χ4n) is 5.02. The third kappa shape index (κ3) is 3.45. The van der Waals surface area contributed by atoms with Crippen LogP contribution in [0.2, 0.25) is 0 Å². The van der Waals surface area contributed by atoms with Crippen molar-refractivity contribution in [3.05, 3.63) is 95.3 Å². The molecule has 0 saturated heterocycles. The van der Waals surface area contributed by atoms with Gasteiger partial charge in [0.15, 0.2) is 0 Å². The Morgan fingerprint density at radius 2 is 0.844 bits per heavy atom. The lowest BCUT2D eigenvalue weighted by molar-refractivity contribution is 0.220. The first-order valence-electron chi connectivity index (χ1n) is 10.4. The van der Waals surface area contributed by atoms with Crippen LogP contribution < -0.4 is 22.9 Å². The standard InChI is InChI=1S/C24H24N8/c25-17-11-15(29-23(27)31-17)21-19(13-7-3-1-4-8-13)22(16-12-18(26)32-24(28)30-16)20(21)14-9-5-2-6-10-14/h1-12,19-22H,(H4,25,27,29,31)(H4,26,28,30,32). The van der Waals surface area contributed by atoms with E-state index in [0.717, 1.165) is 11.4 Å². The summed E-state index contributed by atoms with van der Waals surface area (Å²) in [4.78, 5) is 17.3. The highest BCUT2D eigenvalue weighted by Crippen LogP contribution is 2.66. The van der Waals surface area contributed by atoms with Gasteiger partial charge >= 0.3 is 0 Å². The zero-order valence-electron chi connectivity index (χ0n) is 17.3. The first kappa shape index (κ1) is 19.7. The van der Waals surface area contributed by atoms with E-state index in [0.29, 0.717) is 11.6 Å². The third-order valence-corrected chi connectivity index (χ3v) is 6.17. The minimum absolute atomic E-state index is 0.00909. The van der Waals surface area contributed by atoms with Gasteiger partial charge in [0.05, 0.1) is 11.4 Å². The maximum absolute atomic E-state index is 6.04. The Labute approximate surface area is 185 Å². The summed E-state index contributed by atoms with van der Waals surface area (Å²) in [6.07, 6.45) is 0. The number of hydrogen-bond donors (Lipinski definition) is 4. The zero-order chi connectivity index (χ0) is 22.2. The molecule has 160 valence electrons. The van der Waals surface area contributed by atoms with Gasteiger partial charge in [-0.25, -0.2) is 9.97 Å². The van der Waals surface area contributed by atoms with Crippen molar-refractivity contribution in [2.45, 2.75) is 23.7 Å². The summed E-state index contributed by atoms with van der Waals surface area (Å²) in [7, 11) is 0. The predicted octanol–water partition coefficient (Wildman–Crippen LogP) is 3.04. The molecule has 4 aromatic rings. The highest BCUT2D eigenvalue weighted by atomic mass is 15.1. The lowest BCUT2D eigenvalue weighted by Crippen LogP contribution is -2.41. The molecule has 1 aliphatic rings. The van der Waals surface area contributed by atoms with Crippen molar-refractivity contribution in [2.75, 3.05) is 22.9 Å². The van der Waals surface area contributed by atoms with Crippen molar-refractivity contribution in [1.29, 1.82) is 0 Å². The molecule has 5 rings (SSSR count). The summed E-state index contributed by atoms with van der Waals surface area (Å²) in [5.41, 5.74) is 28.0. The summed E-state index contributed by atoms with van der Waals surface area (Å²) in [5, 5.41) is 0. The molecule has 0 aliphatic heterocycles. The van der Waals surface area contributed by atoms with Crippen LogP contribution in [0.3, 0.4) is 0 Å². The minimum Gasteiger partial charge on any atom is -0.384 e. The van der Waals surface area contributed by atoms with Gasteiger partial charge in [0, 0.05) is 35.8 Å². The van der Waals surface area contributed by atoms with Crippen molar-refractivity contribution in [1.82, 2.24) is 19.9 Å². The number of nitrogens with zero attached hydrogens (tertiary/aromatic N) is 4. The minimum atomic E-state index is 0.00909. The first-order valence-corrected chi connectivity index (χ1v) is 10.4. The lowest BCUT2D eigenvalue weighted by Gasteiger charge is -2.52. The van der Waals surface area contributed by atoms with E-state index in [1.54, 1.807) is 0 Å². The maximum Gasteiger partial charge on any atom is 0.222 e. The van der Waals surface area contributed by atoms with Crippen LogP contribution in [0.4, 0.5) is 23.5 Å². The maximum atomic E-state index is 6.04. The SMILES string of the molecule is Nc1cc(C2C(c3ccccc3)C(c3cc(N)nc(N)n3)C2c2ccccc2)nc(N)n1. The van der Waals surface area contributed by atoms with Crippen LogP contribution >= 0.6 is 0 Å². The number of rotatable bonds is 4. The molecule has 32 heavy (non-hydrogen) atoms. The van der Waals surface area contributed by atoms with E-state index in [1.165, 1.54) is 11.1 Å². The zero-order valence-corrected chi connectivity index (χ0v) is 17.3. The second-order valence-electron chi connectivity index (χ2n) is 8.08. The van der Waals surface area contributed by atoms with Gasteiger partial charge in [-0.2, -0.15) is 9.97 Å². The smallest absolute Gasteiger partial charge is 0.222 e. The molecule has 8 heteroatoms. The Balaban J connectivity index is 1.72. The number of anilines is 4. The Kier molecular flexibility index (Phi) is 4.82.